The van der Waals surface area contributed by atoms with Crippen molar-refractivity contribution in [1.29, 1.82) is 0 Å². The molecule has 138 valence electrons. The maximum atomic E-state index is 12.6. The Morgan fingerprint density at radius 2 is 1.64 bits per heavy atom. The SMILES string of the molecule is O=C(NC1CCCCC1)C1CCN(S(=O)(=O)Cc2ccccc2)CC1. The van der Waals surface area contributed by atoms with Crippen molar-refractivity contribution >= 4 is 15.9 Å². The molecule has 6 heteroatoms. The van der Waals surface area contributed by atoms with E-state index in [1.165, 1.54) is 19.3 Å². The molecule has 1 amide bonds. The van der Waals surface area contributed by atoms with Crippen molar-refractivity contribution in [3.05, 3.63) is 35.9 Å². The molecule has 1 saturated carbocycles. The summed E-state index contributed by atoms with van der Waals surface area (Å²) in [7, 11) is -3.31. The van der Waals surface area contributed by atoms with Gasteiger partial charge in [-0.05, 0) is 31.2 Å². The van der Waals surface area contributed by atoms with E-state index >= 15 is 0 Å². The second-order valence-electron chi connectivity index (χ2n) is 7.26. The first-order valence-electron chi connectivity index (χ1n) is 9.37. The monoisotopic (exact) mass is 364 g/mol. The first kappa shape index (κ1) is 18.4. The van der Waals surface area contributed by atoms with Crippen LogP contribution in [0, 0.1) is 5.92 Å². The molecule has 1 aromatic rings. The van der Waals surface area contributed by atoms with E-state index in [0.29, 0.717) is 32.0 Å². The number of hydrogen-bond acceptors (Lipinski definition) is 3. The molecule has 2 fully saturated rings. The van der Waals surface area contributed by atoms with E-state index in [1.807, 2.05) is 30.3 Å². The molecule has 5 nitrogen and oxygen atoms in total. The van der Waals surface area contributed by atoms with Crippen LogP contribution < -0.4 is 5.32 Å². The smallest absolute Gasteiger partial charge is 0.223 e. The van der Waals surface area contributed by atoms with Gasteiger partial charge in [0.15, 0.2) is 0 Å². The number of hydrogen-bond donors (Lipinski definition) is 1. The largest absolute Gasteiger partial charge is 0.353 e. The average molecular weight is 365 g/mol. The first-order valence-corrected chi connectivity index (χ1v) is 11.0. The molecule has 1 N–H and O–H groups in total. The van der Waals surface area contributed by atoms with Crippen LogP contribution in [0.1, 0.15) is 50.5 Å². The molecule has 0 aromatic heterocycles. The van der Waals surface area contributed by atoms with Crippen molar-refractivity contribution in [3.8, 4) is 0 Å². The van der Waals surface area contributed by atoms with E-state index < -0.39 is 10.0 Å². The Balaban J connectivity index is 1.49. The van der Waals surface area contributed by atoms with E-state index in [-0.39, 0.29) is 17.6 Å². The highest BCUT2D eigenvalue weighted by molar-refractivity contribution is 7.88. The molecule has 3 rings (SSSR count). The maximum absolute atomic E-state index is 12.6. The highest BCUT2D eigenvalue weighted by Gasteiger charge is 2.31. The van der Waals surface area contributed by atoms with Gasteiger partial charge in [0.05, 0.1) is 5.75 Å². The van der Waals surface area contributed by atoms with Crippen LogP contribution in [0.3, 0.4) is 0 Å². The van der Waals surface area contributed by atoms with E-state index in [0.717, 1.165) is 18.4 Å². The summed E-state index contributed by atoms with van der Waals surface area (Å²) in [5.41, 5.74) is 0.805. The highest BCUT2D eigenvalue weighted by atomic mass is 32.2. The summed E-state index contributed by atoms with van der Waals surface area (Å²) in [5.74, 6) is 0.101. The quantitative estimate of drug-likeness (QED) is 0.873. The summed E-state index contributed by atoms with van der Waals surface area (Å²) in [6, 6.07) is 9.58. The van der Waals surface area contributed by atoms with Crippen LogP contribution >= 0.6 is 0 Å². The van der Waals surface area contributed by atoms with E-state index in [9.17, 15) is 13.2 Å². The molecule has 1 saturated heterocycles. The number of sulfonamides is 1. The van der Waals surface area contributed by atoms with Crippen LogP contribution in [-0.4, -0.2) is 37.8 Å². The summed E-state index contributed by atoms with van der Waals surface area (Å²) in [4.78, 5) is 12.4. The molecule has 0 radical (unpaired) electrons. The Labute approximate surface area is 150 Å². The second kappa shape index (κ2) is 8.32. The van der Waals surface area contributed by atoms with Gasteiger partial charge in [-0.3, -0.25) is 4.79 Å². The molecular formula is C19H28N2O3S. The number of piperidine rings is 1. The van der Waals surface area contributed by atoms with Gasteiger partial charge < -0.3 is 5.32 Å². The van der Waals surface area contributed by atoms with Gasteiger partial charge in [0.2, 0.25) is 15.9 Å². The van der Waals surface area contributed by atoms with Gasteiger partial charge in [-0.2, -0.15) is 0 Å². The van der Waals surface area contributed by atoms with E-state index in [4.69, 9.17) is 0 Å². The fourth-order valence-corrected chi connectivity index (χ4v) is 5.40. The van der Waals surface area contributed by atoms with E-state index in [2.05, 4.69) is 5.32 Å². The lowest BCUT2D eigenvalue weighted by Crippen LogP contribution is -2.45. The Bertz CT molecular complexity index is 661. The Kier molecular flexibility index (Phi) is 6.12. The van der Waals surface area contributed by atoms with Gasteiger partial charge in [0.25, 0.3) is 0 Å². The fourth-order valence-electron chi connectivity index (χ4n) is 3.84. The van der Waals surface area contributed by atoms with Crippen molar-refractivity contribution in [2.45, 2.75) is 56.7 Å². The highest BCUT2D eigenvalue weighted by Crippen LogP contribution is 2.23. The number of carbonyl (C=O) groups is 1. The van der Waals surface area contributed by atoms with Crippen LogP contribution in [0.15, 0.2) is 30.3 Å². The lowest BCUT2D eigenvalue weighted by Gasteiger charge is -2.32. The van der Waals surface area contributed by atoms with Crippen LogP contribution in [0.5, 0.6) is 0 Å². The lowest BCUT2D eigenvalue weighted by atomic mass is 9.93. The number of carbonyl (C=O) groups excluding carboxylic acids is 1. The molecule has 0 atom stereocenters. The topological polar surface area (TPSA) is 66.5 Å². The summed E-state index contributed by atoms with van der Waals surface area (Å²) in [5, 5.41) is 3.18. The minimum atomic E-state index is -3.31. The normalized spacial score (nSPS) is 21.1. The molecule has 1 aliphatic heterocycles. The van der Waals surface area contributed by atoms with E-state index in [1.54, 1.807) is 4.31 Å². The number of amides is 1. The number of nitrogens with one attached hydrogen (secondary N) is 1. The molecule has 1 aliphatic carbocycles. The van der Waals surface area contributed by atoms with Gasteiger partial charge in [0, 0.05) is 25.0 Å². The molecule has 25 heavy (non-hydrogen) atoms. The summed E-state index contributed by atoms with van der Waals surface area (Å²) in [6.07, 6.45) is 7.05. The van der Waals surface area contributed by atoms with Crippen LogP contribution in [0.2, 0.25) is 0 Å². The van der Waals surface area contributed by atoms with Crippen LogP contribution in [0.25, 0.3) is 0 Å². The standard InChI is InChI=1S/C19H28N2O3S/c22-19(20-18-9-5-2-6-10-18)17-11-13-21(14-12-17)25(23,24)15-16-7-3-1-4-8-16/h1,3-4,7-8,17-18H,2,5-6,9-15H2,(H,20,22). The predicted molar refractivity (Wildman–Crippen MR) is 98.4 cm³/mol. The van der Waals surface area contributed by atoms with Crippen LogP contribution in [-0.2, 0) is 20.6 Å². The van der Waals surface area contributed by atoms with Crippen molar-refractivity contribution in [3.63, 3.8) is 0 Å². The third kappa shape index (κ3) is 5.05. The Morgan fingerprint density at radius 1 is 1.00 bits per heavy atom. The molecule has 0 unspecified atom stereocenters. The molecular weight excluding hydrogens is 336 g/mol. The molecule has 0 spiro atoms. The van der Waals surface area contributed by atoms with Crippen molar-refractivity contribution in [2.24, 2.45) is 5.92 Å². The molecule has 1 heterocycles. The maximum Gasteiger partial charge on any atom is 0.223 e. The van der Waals surface area contributed by atoms with Gasteiger partial charge in [-0.1, -0.05) is 49.6 Å². The number of nitrogens with zero attached hydrogens (tertiary/aromatic N) is 1. The van der Waals surface area contributed by atoms with Crippen LogP contribution in [0.4, 0.5) is 0 Å². The van der Waals surface area contributed by atoms with Gasteiger partial charge in [0.1, 0.15) is 0 Å². The summed E-state index contributed by atoms with van der Waals surface area (Å²) in [6.45, 7) is 0.885. The summed E-state index contributed by atoms with van der Waals surface area (Å²) < 4.78 is 26.7. The zero-order valence-electron chi connectivity index (χ0n) is 14.7. The lowest BCUT2D eigenvalue weighted by molar-refractivity contribution is -0.127. The van der Waals surface area contributed by atoms with Crippen molar-refractivity contribution in [2.75, 3.05) is 13.1 Å². The summed E-state index contributed by atoms with van der Waals surface area (Å²) >= 11 is 0. The predicted octanol–water partition coefficient (Wildman–Crippen LogP) is 2.68. The average Bonchev–Trinajstić information content (AvgIpc) is 2.63. The number of rotatable bonds is 5. The zero-order chi connectivity index (χ0) is 17.7. The third-order valence-electron chi connectivity index (χ3n) is 5.36. The number of benzene rings is 1. The Morgan fingerprint density at radius 3 is 2.28 bits per heavy atom. The first-order chi connectivity index (χ1) is 12.0. The molecule has 1 aromatic carbocycles. The zero-order valence-corrected chi connectivity index (χ0v) is 15.5. The van der Waals surface area contributed by atoms with Crippen molar-refractivity contribution < 1.29 is 13.2 Å². The van der Waals surface area contributed by atoms with Gasteiger partial charge >= 0.3 is 0 Å². The van der Waals surface area contributed by atoms with Gasteiger partial charge in [-0.25, -0.2) is 12.7 Å². The Hall–Kier alpha value is -1.40. The molecule has 2 aliphatic rings. The second-order valence-corrected chi connectivity index (χ2v) is 9.23. The van der Waals surface area contributed by atoms with Gasteiger partial charge in [-0.15, -0.1) is 0 Å². The van der Waals surface area contributed by atoms with Crippen molar-refractivity contribution in [1.82, 2.24) is 9.62 Å². The minimum Gasteiger partial charge on any atom is -0.353 e. The minimum absolute atomic E-state index is 0.0345. The molecule has 0 bridgehead atoms. The fraction of sp³-hybridized carbons (Fsp3) is 0.632. The third-order valence-corrected chi connectivity index (χ3v) is 7.21.